The van der Waals surface area contributed by atoms with Crippen LogP contribution in [0.4, 0.5) is 5.69 Å². The average Bonchev–Trinajstić information content (AvgIpc) is 3.41. The van der Waals surface area contributed by atoms with Gasteiger partial charge in [0, 0.05) is 13.0 Å². The summed E-state index contributed by atoms with van der Waals surface area (Å²) < 4.78 is 0. The lowest BCUT2D eigenvalue weighted by molar-refractivity contribution is -0.125. The Bertz CT molecular complexity index is 834. The number of hydrogen-bond donors (Lipinski definition) is 1. The van der Waals surface area contributed by atoms with Crippen molar-refractivity contribution < 1.29 is 9.59 Å². The Morgan fingerprint density at radius 2 is 2.00 bits per heavy atom. The standard InChI is InChI=1S/C19H20N4O2S/c20-18(24)17-11-15(21-23(17)14-5-2-1-3-6-14)19(25)22-9-4-7-16(22)13-8-10-26-12-13/h1-3,5-6,8,10,12,16-17H,4,7,9,11H2,(H2,20,24). The lowest BCUT2D eigenvalue weighted by Crippen LogP contribution is -2.40. The molecule has 0 spiro atoms. The molecule has 0 aliphatic carbocycles. The van der Waals surface area contributed by atoms with E-state index in [2.05, 4.69) is 16.5 Å². The molecule has 1 saturated heterocycles. The van der Waals surface area contributed by atoms with Crippen molar-refractivity contribution in [3.63, 3.8) is 0 Å². The first-order chi connectivity index (χ1) is 12.6. The third-order valence-corrected chi connectivity index (χ3v) is 5.65. The van der Waals surface area contributed by atoms with Crippen molar-refractivity contribution in [1.82, 2.24) is 4.90 Å². The maximum Gasteiger partial charge on any atom is 0.270 e. The molecule has 2 aliphatic heterocycles. The molecule has 2 aromatic rings. The van der Waals surface area contributed by atoms with Gasteiger partial charge in [-0.25, -0.2) is 0 Å². The van der Waals surface area contributed by atoms with Gasteiger partial charge in [0.1, 0.15) is 11.8 Å². The molecule has 4 rings (SSSR count). The average molecular weight is 368 g/mol. The molecule has 3 heterocycles. The molecule has 26 heavy (non-hydrogen) atoms. The first-order valence-corrected chi connectivity index (χ1v) is 9.63. The van der Waals surface area contributed by atoms with E-state index >= 15 is 0 Å². The zero-order valence-electron chi connectivity index (χ0n) is 14.2. The Morgan fingerprint density at radius 1 is 1.19 bits per heavy atom. The minimum absolute atomic E-state index is 0.0919. The molecular weight excluding hydrogens is 348 g/mol. The number of hydrogen-bond acceptors (Lipinski definition) is 5. The summed E-state index contributed by atoms with van der Waals surface area (Å²) in [4.78, 5) is 26.9. The lowest BCUT2D eigenvalue weighted by atomic mass is 10.1. The maximum atomic E-state index is 13.1. The molecule has 1 aromatic heterocycles. The van der Waals surface area contributed by atoms with E-state index in [1.165, 1.54) is 5.56 Å². The summed E-state index contributed by atoms with van der Waals surface area (Å²) in [5.74, 6) is -0.570. The van der Waals surface area contributed by atoms with E-state index in [4.69, 9.17) is 5.73 Å². The van der Waals surface area contributed by atoms with Crippen molar-refractivity contribution in [2.75, 3.05) is 11.6 Å². The van der Waals surface area contributed by atoms with Crippen LogP contribution in [0.2, 0.25) is 0 Å². The number of para-hydroxylation sites is 1. The maximum absolute atomic E-state index is 13.1. The van der Waals surface area contributed by atoms with Crippen LogP contribution >= 0.6 is 11.3 Å². The summed E-state index contributed by atoms with van der Waals surface area (Å²) in [7, 11) is 0. The van der Waals surface area contributed by atoms with Gasteiger partial charge in [0.25, 0.3) is 5.91 Å². The Balaban J connectivity index is 1.60. The quantitative estimate of drug-likeness (QED) is 0.901. The number of primary amides is 1. The van der Waals surface area contributed by atoms with Crippen LogP contribution in [-0.4, -0.2) is 35.0 Å². The fraction of sp³-hybridized carbons (Fsp3) is 0.316. The number of carbonyl (C=O) groups is 2. The molecule has 134 valence electrons. The van der Waals surface area contributed by atoms with Crippen LogP contribution in [0.5, 0.6) is 0 Å². The monoisotopic (exact) mass is 368 g/mol. The van der Waals surface area contributed by atoms with Gasteiger partial charge in [-0.05, 0) is 47.4 Å². The van der Waals surface area contributed by atoms with Gasteiger partial charge < -0.3 is 10.6 Å². The minimum atomic E-state index is -0.626. The first kappa shape index (κ1) is 16.8. The van der Waals surface area contributed by atoms with Crippen molar-refractivity contribution in [2.24, 2.45) is 10.8 Å². The van der Waals surface area contributed by atoms with E-state index < -0.39 is 11.9 Å². The van der Waals surface area contributed by atoms with Crippen molar-refractivity contribution in [3.8, 4) is 0 Å². The predicted molar refractivity (Wildman–Crippen MR) is 102 cm³/mol. The van der Waals surface area contributed by atoms with Gasteiger partial charge in [0.15, 0.2) is 0 Å². The number of thiophene rings is 1. The second-order valence-corrected chi connectivity index (χ2v) is 7.34. The third kappa shape index (κ3) is 2.99. The van der Waals surface area contributed by atoms with Gasteiger partial charge in [-0.3, -0.25) is 14.6 Å². The SMILES string of the molecule is NC(=O)C1CC(C(=O)N2CCCC2c2ccsc2)=NN1c1ccccc1. The second kappa shape index (κ2) is 6.92. The van der Waals surface area contributed by atoms with Crippen LogP contribution in [0.3, 0.4) is 0 Å². The predicted octanol–water partition coefficient (Wildman–Crippen LogP) is 2.53. The van der Waals surface area contributed by atoms with Crippen LogP contribution in [0.15, 0.2) is 52.3 Å². The summed E-state index contributed by atoms with van der Waals surface area (Å²) in [6.07, 6.45) is 2.18. The smallest absolute Gasteiger partial charge is 0.270 e. The number of carbonyl (C=O) groups excluding carboxylic acids is 2. The highest BCUT2D eigenvalue weighted by Gasteiger charge is 2.39. The van der Waals surface area contributed by atoms with E-state index in [1.807, 2.05) is 40.6 Å². The zero-order chi connectivity index (χ0) is 18.1. The number of amides is 2. The highest BCUT2D eigenvalue weighted by atomic mass is 32.1. The van der Waals surface area contributed by atoms with Crippen LogP contribution in [-0.2, 0) is 9.59 Å². The number of nitrogens with two attached hydrogens (primary N) is 1. The molecule has 7 heteroatoms. The fourth-order valence-electron chi connectivity index (χ4n) is 3.67. The van der Waals surface area contributed by atoms with E-state index in [1.54, 1.807) is 16.3 Å². The summed E-state index contributed by atoms with van der Waals surface area (Å²) in [6, 6.07) is 10.9. The molecule has 0 radical (unpaired) electrons. The molecular formula is C19H20N4O2S. The van der Waals surface area contributed by atoms with Gasteiger partial charge in [-0.1, -0.05) is 18.2 Å². The summed E-state index contributed by atoms with van der Waals surface area (Å²) >= 11 is 1.64. The molecule has 1 aromatic carbocycles. The number of anilines is 1. The van der Waals surface area contributed by atoms with Crippen LogP contribution in [0.25, 0.3) is 0 Å². The number of rotatable bonds is 4. The normalized spacial score (nSPS) is 22.5. The number of benzene rings is 1. The van der Waals surface area contributed by atoms with Gasteiger partial charge in [-0.2, -0.15) is 16.4 Å². The van der Waals surface area contributed by atoms with E-state index in [0.29, 0.717) is 12.3 Å². The second-order valence-electron chi connectivity index (χ2n) is 6.56. The molecule has 2 unspecified atom stereocenters. The van der Waals surface area contributed by atoms with Crippen molar-refractivity contribution in [1.29, 1.82) is 0 Å². The van der Waals surface area contributed by atoms with Gasteiger partial charge in [-0.15, -0.1) is 0 Å². The number of likely N-dealkylation sites (tertiary alicyclic amines) is 1. The number of hydrazone groups is 1. The molecule has 2 atom stereocenters. The highest BCUT2D eigenvalue weighted by molar-refractivity contribution is 7.08. The molecule has 6 nitrogen and oxygen atoms in total. The molecule has 0 saturated carbocycles. The first-order valence-electron chi connectivity index (χ1n) is 8.69. The fourth-order valence-corrected chi connectivity index (χ4v) is 4.37. The molecule has 0 bridgehead atoms. The van der Waals surface area contributed by atoms with Crippen molar-refractivity contribution >= 4 is 34.6 Å². The minimum Gasteiger partial charge on any atom is -0.368 e. The Morgan fingerprint density at radius 3 is 2.69 bits per heavy atom. The van der Waals surface area contributed by atoms with Crippen LogP contribution < -0.4 is 10.7 Å². The zero-order valence-corrected chi connectivity index (χ0v) is 15.1. The Labute approximate surface area is 155 Å². The van der Waals surface area contributed by atoms with Gasteiger partial charge >= 0.3 is 0 Å². The van der Waals surface area contributed by atoms with E-state index in [-0.39, 0.29) is 18.4 Å². The van der Waals surface area contributed by atoms with E-state index in [9.17, 15) is 9.59 Å². The van der Waals surface area contributed by atoms with Crippen molar-refractivity contribution in [3.05, 3.63) is 52.7 Å². The highest BCUT2D eigenvalue weighted by Crippen LogP contribution is 2.34. The van der Waals surface area contributed by atoms with Gasteiger partial charge in [0.2, 0.25) is 5.91 Å². The summed E-state index contributed by atoms with van der Waals surface area (Å²) in [5, 5.41) is 10.2. The van der Waals surface area contributed by atoms with E-state index in [0.717, 1.165) is 18.5 Å². The summed E-state index contributed by atoms with van der Waals surface area (Å²) in [5.41, 5.74) is 7.90. The molecule has 2 aliphatic rings. The molecule has 2 N–H and O–H groups in total. The third-order valence-electron chi connectivity index (χ3n) is 4.95. The largest absolute Gasteiger partial charge is 0.368 e. The lowest BCUT2D eigenvalue weighted by Gasteiger charge is -2.24. The van der Waals surface area contributed by atoms with Crippen LogP contribution in [0, 0.1) is 0 Å². The van der Waals surface area contributed by atoms with Crippen LogP contribution in [0.1, 0.15) is 30.9 Å². The molecule has 2 amide bonds. The Kier molecular flexibility index (Phi) is 4.46. The van der Waals surface area contributed by atoms with Gasteiger partial charge in [0.05, 0.1) is 11.7 Å². The number of nitrogens with zero attached hydrogens (tertiary/aromatic N) is 3. The van der Waals surface area contributed by atoms with Crippen molar-refractivity contribution in [2.45, 2.75) is 31.3 Å². The Hall–Kier alpha value is -2.67. The topological polar surface area (TPSA) is 79.0 Å². The molecule has 1 fully saturated rings. The summed E-state index contributed by atoms with van der Waals surface area (Å²) in [6.45, 7) is 0.713.